The van der Waals surface area contributed by atoms with E-state index < -0.39 is 0 Å². The molecule has 1 aliphatic rings. The second-order valence-electron chi connectivity index (χ2n) is 3.94. The first-order valence-corrected chi connectivity index (χ1v) is 4.54. The third-order valence-electron chi connectivity index (χ3n) is 2.96. The van der Waals surface area contributed by atoms with Crippen LogP contribution in [0.2, 0.25) is 0 Å². The van der Waals surface area contributed by atoms with Gasteiger partial charge in [-0.2, -0.15) is 0 Å². The van der Waals surface area contributed by atoms with Crippen LogP contribution in [-0.4, -0.2) is 6.04 Å². The third-order valence-corrected chi connectivity index (χ3v) is 2.96. The minimum Gasteiger partial charge on any atom is -0.324 e. The SMILES string of the molecule is C=C(C)C(N)C1CCCC1C. The Hall–Kier alpha value is -0.300. The Bertz CT molecular complexity index is 151. The highest BCUT2D eigenvalue weighted by Gasteiger charge is 2.28. The lowest BCUT2D eigenvalue weighted by molar-refractivity contribution is 0.373. The van der Waals surface area contributed by atoms with Crippen LogP contribution < -0.4 is 5.73 Å². The molecule has 0 amide bonds. The largest absolute Gasteiger partial charge is 0.324 e. The van der Waals surface area contributed by atoms with Gasteiger partial charge in [0.05, 0.1) is 0 Å². The predicted octanol–water partition coefficient (Wildman–Crippen LogP) is 2.33. The monoisotopic (exact) mass is 153 g/mol. The van der Waals surface area contributed by atoms with Crippen molar-refractivity contribution in [2.24, 2.45) is 17.6 Å². The molecule has 3 unspecified atom stereocenters. The van der Waals surface area contributed by atoms with Crippen molar-refractivity contribution in [3.05, 3.63) is 12.2 Å². The Balaban J connectivity index is 2.52. The predicted molar refractivity (Wildman–Crippen MR) is 49.3 cm³/mol. The number of rotatable bonds is 2. The lowest BCUT2D eigenvalue weighted by atomic mass is 9.87. The van der Waals surface area contributed by atoms with E-state index in [1.165, 1.54) is 19.3 Å². The van der Waals surface area contributed by atoms with E-state index in [4.69, 9.17) is 5.73 Å². The molecule has 0 saturated heterocycles. The molecule has 1 nitrogen and oxygen atoms in total. The maximum atomic E-state index is 6.01. The molecule has 1 heteroatoms. The van der Waals surface area contributed by atoms with E-state index in [0.29, 0.717) is 5.92 Å². The lowest BCUT2D eigenvalue weighted by Gasteiger charge is -2.23. The van der Waals surface area contributed by atoms with Crippen LogP contribution >= 0.6 is 0 Å². The van der Waals surface area contributed by atoms with Crippen LogP contribution in [0.25, 0.3) is 0 Å². The molecule has 0 bridgehead atoms. The second-order valence-corrected chi connectivity index (χ2v) is 3.94. The molecule has 64 valence electrons. The van der Waals surface area contributed by atoms with E-state index in [9.17, 15) is 0 Å². The first-order valence-electron chi connectivity index (χ1n) is 4.54. The van der Waals surface area contributed by atoms with Crippen molar-refractivity contribution in [1.82, 2.24) is 0 Å². The fourth-order valence-electron chi connectivity index (χ4n) is 2.07. The molecule has 0 spiro atoms. The van der Waals surface area contributed by atoms with Crippen LogP contribution in [0.5, 0.6) is 0 Å². The van der Waals surface area contributed by atoms with Gasteiger partial charge in [-0.05, 0) is 25.2 Å². The van der Waals surface area contributed by atoms with E-state index in [1.54, 1.807) is 0 Å². The van der Waals surface area contributed by atoms with Gasteiger partial charge in [0.25, 0.3) is 0 Å². The number of nitrogens with two attached hydrogens (primary N) is 1. The second kappa shape index (κ2) is 3.40. The van der Waals surface area contributed by atoms with Crippen molar-refractivity contribution in [3.63, 3.8) is 0 Å². The summed E-state index contributed by atoms with van der Waals surface area (Å²) in [4.78, 5) is 0. The fraction of sp³-hybridized carbons (Fsp3) is 0.800. The van der Waals surface area contributed by atoms with Crippen molar-refractivity contribution in [2.75, 3.05) is 0 Å². The van der Waals surface area contributed by atoms with E-state index in [-0.39, 0.29) is 6.04 Å². The van der Waals surface area contributed by atoms with Gasteiger partial charge in [0, 0.05) is 6.04 Å². The Morgan fingerprint density at radius 3 is 2.55 bits per heavy atom. The molecule has 1 rings (SSSR count). The van der Waals surface area contributed by atoms with Crippen molar-refractivity contribution < 1.29 is 0 Å². The topological polar surface area (TPSA) is 26.0 Å². The van der Waals surface area contributed by atoms with Crippen LogP contribution in [0.1, 0.15) is 33.1 Å². The number of hydrogen-bond donors (Lipinski definition) is 1. The Morgan fingerprint density at radius 2 is 2.18 bits per heavy atom. The summed E-state index contributed by atoms with van der Waals surface area (Å²) in [6.45, 7) is 8.25. The Kier molecular flexibility index (Phi) is 2.72. The maximum Gasteiger partial charge on any atom is 0.0279 e. The average Bonchev–Trinajstić information content (AvgIpc) is 2.33. The summed E-state index contributed by atoms with van der Waals surface area (Å²) >= 11 is 0. The number of hydrogen-bond acceptors (Lipinski definition) is 1. The first kappa shape index (κ1) is 8.79. The minimum absolute atomic E-state index is 0.243. The highest BCUT2D eigenvalue weighted by molar-refractivity contribution is 5.04. The zero-order valence-corrected chi connectivity index (χ0v) is 7.64. The van der Waals surface area contributed by atoms with Gasteiger partial charge in [0.2, 0.25) is 0 Å². The summed E-state index contributed by atoms with van der Waals surface area (Å²) in [5.74, 6) is 1.51. The quantitative estimate of drug-likeness (QED) is 0.605. The van der Waals surface area contributed by atoms with Crippen LogP contribution in [0.3, 0.4) is 0 Å². The first-order chi connectivity index (χ1) is 5.13. The smallest absolute Gasteiger partial charge is 0.0279 e. The molecule has 1 aliphatic carbocycles. The standard InChI is InChI=1S/C10H19N/c1-7(2)10(11)9-6-4-5-8(9)3/h8-10H,1,4-6,11H2,2-3H3. The summed E-state index contributed by atoms with van der Waals surface area (Å²) < 4.78 is 0. The summed E-state index contributed by atoms with van der Waals surface area (Å²) in [6, 6.07) is 0.243. The maximum absolute atomic E-state index is 6.01. The lowest BCUT2D eigenvalue weighted by Crippen LogP contribution is -2.32. The molecular weight excluding hydrogens is 134 g/mol. The van der Waals surface area contributed by atoms with E-state index in [1.807, 2.05) is 6.92 Å². The van der Waals surface area contributed by atoms with Gasteiger partial charge < -0.3 is 5.73 Å². The van der Waals surface area contributed by atoms with Crippen LogP contribution in [0.15, 0.2) is 12.2 Å². The van der Waals surface area contributed by atoms with Gasteiger partial charge in [0.15, 0.2) is 0 Å². The third kappa shape index (κ3) is 1.84. The van der Waals surface area contributed by atoms with Gasteiger partial charge in [-0.1, -0.05) is 31.9 Å². The Labute approximate surface area is 69.7 Å². The van der Waals surface area contributed by atoms with Gasteiger partial charge >= 0.3 is 0 Å². The fourth-order valence-corrected chi connectivity index (χ4v) is 2.07. The molecule has 0 aromatic rings. The van der Waals surface area contributed by atoms with Crippen LogP contribution in [0, 0.1) is 11.8 Å². The molecule has 2 N–H and O–H groups in total. The van der Waals surface area contributed by atoms with Gasteiger partial charge in [0.1, 0.15) is 0 Å². The molecule has 1 fully saturated rings. The van der Waals surface area contributed by atoms with Crippen LogP contribution in [0.4, 0.5) is 0 Å². The highest BCUT2D eigenvalue weighted by Crippen LogP contribution is 2.34. The average molecular weight is 153 g/mol. The minimum atomic E-state index is 0.243. The molecule has 0 aromatic heterocycles. The molecule has 0 aliphatic heterocycles. The van der Waals surface area contributed by atoms with Crippen molar-refractivity contribution in [2.45, 2.75) is 39.2 Å². The van der Waals surface area contributed by atoms with Crippen molar-refractivity contribution >= 4 is 0 Å². The van der Waals surface area contributed by atoms with Crippen LogP contribution in [-0.2, 0) is 0 Å². The highest BCUT2D eigenvalue weighted by atomic mass is 14.7. The summed E-state index contributed by atoms with van der Waals surface area (Å²) in [5, 5.41) is 0. The van der Waals surface area contributed by atoms with Gasteiger partial charge in [-0.15, -0.1) is 0 Å². The zero-order valence-electron chi connectivity index (χ0n) is 7.64. The van der Waals surface area contributed by atoms with E-state index >= 15 is 0 Å². The molecule has 0 aromatic carbocycles. The summed E-state index contributed by atoms with van der Waals surface area (Å²) in [6.07, 6.45) is 4.01. The molecule has 1 saturated carbocycles. The molecular formula is C10H19N. The molecule has 0 radical (unpaired) electrons. The van der Waals surface area contributed by atoms with E-state index in [0.717, 1.165) is 11.5 Å². The zero-order chi connectivity index (χ0) is 8.43. The van der Waals surface area contributed by atoms with Gasteiger partial charge in [-0.25, -0.2) is 0 Å². The Morgan fingerprint density at radius 1 is 1.55 bits per heavy atom. The molecule has 3 atom stereocenters. The summed E-state index contributed by atoms with van der Waals surface area (Å²) in [7, 11) is 0. The molecule has 11 heavy (non-hydrogen) atoms. The van der Waals surface area contributed by atoms with Crippen molar-refractivity contribution in [1.29, 1.82) is 0 Å². The van der Waals surface area contributed by atoms with Gasteiger partial charge in [-0.3, -0.25) is 0 Å². The van der Waals surface area contributed by atoms with Crippen molar-refractivity contribution in [3.8, 4) is 0 Å². The van der Waals surface area contributed by atoms with E-state index in [2.05, 4.69) is 13.5 Å². The normalized spacial score (nSPS) is 33.7. The summed E-state index contributed by atoms with van der Waals surface area (Å²) in [5.41, 5.74) is 7.16. The molecule has 0 heterocycles.